The average Bonchev–Trinajstić information content (AvgIpc) is 3.09. The molecule has 2 aromatic carbocycles. The summed E-state index contributed by atoms with van der Waals surface area (Å²) < 4.78 is 48.1. The van der Waals surface area contributed by atoms with Crippen molar-refractivity contribution in [3.8, 4) is 22.7 Å². The van der Waals surface area contributed by atoms with E-state index in [2.05, 4.69) is 10.1 Å². The molecule has 0 radical (unpaired) electrons. The maximum atomic E-state index is 13.9. The largest absolute Gasteiger partial charge is 0.497 e. The van der Waals surface area contributed by atoms with Crippen LogP contribution in [-0.4, -0.2) is 26.8 Å². The molecule has 0 spiro atoms. The van der Waals surface area contributed by atoms with E-state index in [9.17, 15) is 23.3 Å². The van der Waals surface area contributed by atoms with Crippen LogP contribution in [0.25, 0.3) is 28.0 Å². The Morgan fingerprint density at radius 1 is 1.06 bits per heavy atom. The third-order valence-electron chi connectivity index (χ3n) is 4.81. The molecule has 158 valence electrons. The van der Waals surface area contributed by atoms with Crippen LogP contribution in [-0.2, 0) is 6.18 Å². The summed E-state index contributed by atoms with van der Waals surface area (Å²) in [5.41, 5.74) is 0.110. The van der Waals surface area contributed by atoms with E-state index in [1.165, 1.54) is 43.0 Å². The van der Waals surface area contributed by atoms with Crippen molar-refractivity contribution in [2.45, 2.75) is 13.1 Å². The van der Waals surface area contributed by atoms with Gasteiger partial charge >= 0.3 is 6.18 Å². The summed E-state index contributed by atoms with van der Waals surface area (Å²) >= 11 is 0. The molecule has 0 amide bonds. The van der Waals surface area contributed by atoms with Crippen molar-refractivity contribution in [3.05, 3.63) is 76.0 Å². The number of nitrogens with zero attached hydrogens (tertiary/aromatic N) is 4. The second-order valence-corrected chi connectivity index (χ2v) is 6.75. The summed E-state index contributed by atoms with van der Waals surface area (Å²) in [6.45, 7) is 1.47. The van der Waals surface area contributed by atoms with E-state index in [1.54, 1.807) is 24.3 Å². The molecule has 2 aromatic heterocycles. The highest BCUT2D eigenvalue weighted by Crippen LogP contribution is 2.39. The summed E-state index contributed by atoms with van der Waals surface area (Å²) in [4.78, 5) is 14.8. The van der Waals surface area contributed by atoms with Crippen LogP contribution in [0, 0.1) is 17.0 Å². The number of alkyl halides is 3. The molecule has 0 atom stereocenters. The van der Waals surface area contributed by atoms with Gasteiger partial charge in [-0.1, -0.05) is 0 Å². The van der Waals surface area contributed by atoms with Gasteiger partial charge in [0.25, 0.3) is 5.69 Å². The standard InChI is InChI=1S/C21H15F3N4O3/c1-12-19-17(21(22,23)24)11-18(13-3-9-16(31-2)10-4-13)25-20(19)27(26-12)14-5-7-15(8-6-14)28(29)30/h3-11H,1-2H3. The van der Waals surface area contributed by atoms with E-state index in [0.29, 0.717) is 17.0 Å². The lowest BCUT2D eigenvalue weighted by Gasteiger charge is -2.12. The van der Waals surface area contributed by atoms with Crippen LogP contribution in [0.3, 0.4) is 0 Å². The van der Waals surface area contributed by atoms with Gasteiger partial charge in [-0.25, -0.2) is 9.67 Å². The SMILES string of the molecule is COc1ccc(-c2cc(C(F)(F)F)c3c(C)nn(-c4ccc([N+](=O)[O-])cc4)c3n2)cc1. The molecule has 10 heteroatoms. The first-order valence-electron chi connectivity index (χ1n) is 9.06. The summed E-state index contributed by atoms with van der Waals surface area (Å²) in [5.74, 6) is 0.563. The number of benzene rings is 2. The molecular weight excluding hydrogens is 413 g/mol. The fourth-order valence-corrected chi connectivity index (χ4v) is 3.32. The molecule has 0 saturated heterocycles. The van der Waals surface area contributed by atoms with Crippen molar-refractivity contribution >= 4 is 16.7 Å². The van der Waals surface area contributed by atoms with Crippen molar-refractivity contribution < 1.29 is 22.8 Å². The van der Waals surface area contributed by atoms with Crippen molar-refractivity contribution in [1.82, 2.24) is 14.8 Å². The molecule has 4 aromatic rings. The lowest BCUT2D eigenvalue weighted by Crippen LogP contribution is -2.08. The molecule has 0 bridgehead atoms. The Hall–Kier alpha value is -3.95. The predicted molar refractivity (Wildman–Crippen MR) is 107 cm³/mol. The Bertz CT molecular complexity index is 1280. The molecule has 0 N–H and O–H groups in total. The normalized spacial score (nSPS) is 11.6. The van der Waals surface area contributed by atoms with Gasteiger partial charge in [-0.05, 0) is 49.4 Å². The number of fused-ring (bicyclic) bond motifs is 1. The maximum Gasteiger partial charge on any atom is 0.417 e. The highest BCUT2D eigenvalue weighted by molar-refractivity contribution is 5.87. The van der Waals surface area contributed by atoms with Gasteiger partial charge in [-0.3, -0.25) is 10.1 Å². The van der Waals surface area contributed by atoms with E-state index < -0.39 is 16.7 Å². The first-order valence-corrected chi connectivity index (χ1v) is 9.06. The Morgan fingerprint density at radius 2 is 1.71 bits per heavy atom. The fraction of sp³-hybridized carbons (Fsp3) is 0.143. The topological polar surface area (TPSA) is 83.1 Å². The number of aromatic nitrogens is 3. The summed E-state index contributed by atoms with van der Waals surface area (Å²) in [6, 6.07) is 12.9. The third kappa shape index (κ3) is 3.67. The molecule has 0 unspecified atom stereocenters. The molecule has 0 aliphatic rings. The van der Waals surface area contributed by atoms with E-state index in [1.807, 2.05) is 0 Å². The first kappa shape index (κ1) is 20.3. The summed E-state index contributed by atoms with van der Waals surface area (Å²) in [7, 11) is 1.49. The third-order valence-corrected chi connectivity index (χ3v) is 4.81. The minimum atomic E-state index is -4.63. The molecule has 0 aliphatic heterocycles. The number of rotatable bonds is 4. The lowest BCUT2D eigenvalue weighted by molar-refractivity contribution is -0.384. The highest BCUT2D eigenvalue weighted by Gasteiger charge is 2.36. The maximum absolute atomic E-state index is 13.9. The van der Waals surface area contributed by atoms with Gasteiger partial charge in [-0.2, -0.15) is 18.3 Å². The molecule has 0 aliphatic carbocycles. The van der Waals surface area contributed by atoms with Gasteiger partial charge in [0, 0.05) is 17.7 Å². The molecule has 7 nitrogen and oxygen atoms in total. The quantitative estimate of drug-likeness (QED) is 0.324. The van der Waals surface area contributed by atoms with Crippen molar-refractivity contribution in [2.75, 3.05) is 7.11 Å². The molecule has 2 heterocycles. The molecule has 4 rings (SSSR count). The number of methoxy groups -OCH3 is 1. The number of ether oxygens (including phenoxy) is 1. The van der Waals surface area contributed by atoms with Crippen LogP contribution in [0.2, 0.25) is 0 Å². The number of halogens is 3. The number of non-ortho nitro benzene ring substituents is 1. The van der Waals surface area contributed by atoms with Crippen LogP contribution in [0.4, 0.5) is 18.9 Å². The zero-order chi connectivity index (χ0) is 22.3. The second-order valence-electron chi connectivity index (χ2n) is 6.75. The van der Waals surface area contributed by atoms with Gasteiger partial charge in [0.1, 0.15) is 5.75 Å². The van der Waals surface area contributed by atoms with Crippen LogP contribution >= 0.6 is 0 Å². The first-order chi connectivity index (χ1) is 14.7. The number of pyridine rings is 1. The van der Waals surface area contributed by atoms with E-state index >= 15 is 0 Å². The van der Waals surface area contributed by atoms with E-state index in [-0.39, 0.29) is 28.1 Å². The number of nitro benzene ring substituents is 1. The van der Waals surface area contributed by atoms with Crippen LogP contribution < -0.4 is 4.74 Å². The lowest BCUT2D eigenvalue weighted by atomic mass is 10.0. The van der Waals surface area contributed by atoms with Gasteiger partial charge in [0.2, 0.25) is 0 Å². The number of aryl methyl sites for hydroxylation is 1. The minimum absolute atomic E-state index is 0.00648. The molecule has 31 heavy (non-hydrogen) atoms. The highest BCUT2D eigenvalue weighted by atomic mass is 19.4. The predicted octanol–water partition coefficient (Wildman–Crippen LogP) is 5.33. The zero-order valence-corrected chi connectivity index (χ0v) is 16.3. The smallest absolute Gasteiger partial charge is 0.417 e. The number of hydrogen-bond acceptors (Lipinski definition) is 5. The van der Waals surface area contributed by atoms with Gasteiger partial charge in [0.15, 0.2) is 5.65 Å². The Balaban J connectivity index is 1.97. The Kier molecular flexibility index (Phi) is 4.84. The minimum Gasteiger partial charge on any atom is -0.497 e. The van der Waals surface area contributed by atoms with Crippen LogP contribution in [0.1, 0.15) is 11.3 Å². The van der Waals surface area contributed by atoms with Crippen molar-refractivity contribution in [2.24, 2.45) is 0 Å². The van der Waals surface area contributed by atoms with Crippen LogP contribution in [0.15, 0.2) is 54.6 Å². The summed E-state index contributed by atoms with van der Waals surface area (Å²) in [6.07, 6.45) is -4.63. The molecule has 0 saturated carbocycles. The zero-order valence-electron chi connectivity index (χ0n) is 16.3. The van der Waals surface area contributed by atoms with E-state index in [0.717, 1.165) is 6.07 Å². The second kappa shape index (κ2) is 7.38. The van der Waals surface area contributed by atoms with Gasteiger partial charge in [-0.15, -0.1) is 0 Å². The van der Waals surface area contributed by atoms with Crippen LogP contribution in [0.5, 0.6) is 5.75 Å². The Labute approximate surface area is 173 Å². The summed E-state index contributed by atoms with van der Waals surface area (Å²) in [5, 5.41) is 15.0. The average molecular weight is 428 g/mol. The molecule has 0 fully saturated rings. The van der Waals surface area contributed by atoms with Gasteiger partial charge < -0.3 is 4.74 Å². The van der Waals surface area contributed by atoms with Crippen molar-refractivity contribution in [1.29, 1.82) is 0 Å². The van der Waals surface area contributed by atoms with Gasteiger partial charge in [0.05, 0.1) is 40.1 Å². The number of hydrogen-bond donors (Lipinski definition) is 0. The van der Waals surface area contributed by atoms with E-state index in [4.69, 9.17) is 4.74 Å². The monoisotopic (exact) mass is 428 g/mol. The number of nitro groups is 1. The molecular formula is C21H15F3N4O3. The fourth-order valence-electron chi connectivity index (χ4n) is 3.32. The van der Waals surface area contributed by atoms with Crippen molar-refractivity contribution in [3.63, 3.8) is 0 Å². The Morgan fingerprint density at radius 3 is 2.26 bits per heavy atom.